The molecule has 0 spiro atoms. The van der Waals surface area contributed by atoms with Crippen LogP contribution < -0.4 is 11.1 Å². The number of carbonyl (C=O) groups is 1. The molecule has 0 unspecified atom stereocenters. The summed E-state index contributed by atoms with van der Waals surface area (Å²) >= 11 is 3.35. The zero-order valence-electron chi connectivity index (χ0n) is 7.64. The molecule has 2 rings (SSSR count). The Morgan fingerprint density at radius 2 is 2.47 bits per heavy atom. The number of amides is 1. The Morgan fingerprint density at radius 1 is 1.67 bits per heavy atom. The molecular weight excluding hydrogens is 262 g/mol. The van der Waals surface area contributed by atoms with Gasteiger partial charge in [0.05, 0.1) is 11.0 Å². The van der Waals surface area contributed by atoms with Crippen LogP contribution in [-0.4, -0.2) is 27.0 Å². The number of nitrogens with two attached hydrogens (primary N) is 1. The normalized spacial score (nSPS) is 10.5. The van der Waals surface area contributed by atoms with Crippen LogP contribution in [0.3, 0.4) is 0 Å². The molecule has 0 fully saturated rings. The summed E-state index contributed by atoms with van der Waals surface area (Å²) in [6, 6.07) is 3.70. The second kappa shape index (κ2) is 3.85. The van der Waals surface area contributed by atoms with Crippen molar-refractivity contribution >= 4 is 33.4 Å². The van der Waals surface area contributed by atoms with Crippen LogP contribution in [0.15, 0.2) is 22.8 Å². The number of nitrogens with one attached hydrogen (secondary N) is 1. The topological polar surface area (TPSA) is 85.3 Å². The van der Waals surface area contributed by atoms with E-state index < -0.39 is 5.91 Å². The quantitative estimate of drug-likeness (QED) is 0.844. The van der Waals surface area contributed by atoms with Crippen LogP contribution in [0.25, 0.3) is 5.65 Å². The van der Waals surface area contributed by atoms with Crippen molar-refractivity contribution in [3.63, 3.8) is 0 Å². The van der Waals surface area contributed by atoms with E-state index >= 15 is 0 Å². The van der Waals surface area contributed by atoms with Crippen molar-refractivity contribution in [1.82, 2.24) is 14.6 Å². The van der Waals surface area contributed by atoms with E-state index in [2.05, 4.69) is 31.3 Å². The fraction of sp³-hybridized carbons (Fsp3) is 0.125. The molecule has 0 atom stereocenters. The SMILES string of the molecule is NC(=O)CNc1nc2c(Br)cccn2n1. The first-order valence-corrected chi connectivity index (χ1v) is 4.99. The van der Waals surface area contributed by atoms with Crippen molar-refractivity contribution in [3.05, 3.63) is 22.8 Å². The molecule has 0 aliphatic carbocycles. The van der Waals surface area contributed by atoms with Gasteiger partial charge in [0.15, 0.2) is 5.65 Å². The van der Waals surface area contributed by atoms with Crippen LogP contribution in [-0.2, 0) is 4.79 Å². The lowest BCUT2D eigenvalue weighted by molar-refractivity contribution is -0.116. The largest absolute Gasteiger partial charge is 0.368 e. The first-order valence-electron chi connectivity index (χ1n) is 4.20. The van der Waals surface area contributed by atoms with Gasteiger partial charge in [0.1, 0.15) is 0 Å². The van der Waals surface area contributed by atoms with Gasteiger partial charge in [0.2, 0.25) is 11.9 Å². The highest BCUT2D eigenvalue weighted by atomic mass is 79.9. The smallest absolute Gasteiger partial charge is 0.243 e. The van der Waals surface area contributed by atoms with Gasteiger partial charge in [-0.05, 0) is 28.1 Å². The van der Waals surface area contributed by atoms with Gasteiger partial charge in [0, 0.05) is 6.20 Å². The summed E-state index contributed by atoms with van der Waals surface area (Å²) in [5.41, 5.74) is 5.68. The molecule has 0 aliphatic heterocycles. The summed E-state index contributed by atoms with van der Waals surface area (Å²) in [5, 5.41) is 6.82. The Morgan fingerprint density at radius 3 is 3.13 bits per heavy atom. The van der Waals surface area contributed by atoms with Crippen molar-refractivity contribution < 1.29 is 4.79 Å². The molecule has 2 heterocycles. The molecule has 0 saturated heterocycles. The Labute approximate surface area is 93.6 Å². The fourth-order valence-electron chi connectivity index (χ4n) is 1.11. The van der Waals surface area contributed by atoms with Crippen LogP contribution in [0, 0.1) is 0 Å². The number of primary amides is 1. The molecule has 6 nitrogen and oxygen atoms in total. The van der Waals surface area contributed by atoms with Crippen molar-refractivity contribution in [2.24, 2.45) is 5.73 Å². The highest BCUT2D eigenvalue weighted by Gasteiger charge is 2.05. The number of halogens is 1. The maximum absolute atomic E-state index is 10.5. The second-order valence-corrected chi connectivity index (χ2v) is 3.73. The average Bonchev–Trinajstić information content (AvgIpc) is 2.59. The Bertz CT molecular complexity index is 509. The highest BCUT2D eigenvalue weighted by Crippen LogP contribution is 2.16. The summed E-state index contributed by atoms with van der Waals surface area (Å²) in [7, 11) is 0. The van der Waals surface area contributed by atoms with E-state index in [1.165, 1.54) is 0 Å². The van der Waals surface area contributed by atoms with Gasteiger partial charge < -0.3 is 11.1 Å². The summed E-state index contributed by atoms with van der Waals surface area (Å²) < 4.78 is 2.44. The van der Waals surface area contributed by atoms with E-state index in [4.69, 9.17) is 5.73 Å². The first kappa shape index (κ1) is 9.91. The van der Waals surface area contributed by atoms with Gasteiger partial charge in [-0.2, -0.15) is 4.98 Å². The van der Waals surface area contributed by atoms with Gasteiger partial charge in [-0.25, -0.2) is 4.52 Å². The zero-order valence-corrected chi connectivity index (χ0v) is 9.23. The molecule has 0 aliphatic rings. The number of fused-ring (bicyclic) bond motifs is 1. The Balaban J connectivity index is 2.31. The summed E-state index contributed by atoms with van der Waals surface area (Å²) in [6.45, 7) is 0.0223. The third kappa shape index (κ3) is 2.07. The monoisotopic (exact) mass is 269 g/mol. The second-order valence-electron chi connectivity index (χ2n) is 2.88. The van der Waals surface area contributed by atoms with Crippen molar-refractivity contribution in [2.45, 2.75) is 0 Å². The molecule has 0 aromatic carbocycles. The lowest BCUT2D eigenvalue weighted by Gasteiger charge is -1.94. The molecule has 15 heavy (non-hydrogen) atoms. The molecule has 3 N–H and O–H groups in total. The predicted octanol–water partition coefficient (Wildman–Crippen LogP) is 0.389. The fourth-order valence-corrected chi connectivity index (χ4v) is 1.54. The van der Waals surface area contributed by atoms with Crippen LogP contribution in [0.5, 0.6) is 0 Å². The van der Waals surface area contributed by atoms with Crippen LogP contribution in [0.1, 0.15) is 0 Å². The number of pyridine rings is 1. The van der Waals surface area contributed by atoms with Crippen LogP contribution in [0.2, 0.25) is 0 Å². The molecule has 1 amide bonds. The van der Waals surface area contributed by atoms with Gasteiger partial charge in [-0.1, -0.05) is 0 Å². The van der Waals surface area contributed by atoms with Crippen molar-refractivity contribution in [1.29, 1.82) is 0 Å². The molecule has 78 valence electrons. The van der Waals surface area contributed by atoms with Crippen molar-refractivity contribution in [2.75, 3.05) is 11.9 Å². The Hall–Kier alpha value is -1.63. The third-order valence-electron chi connectivity index (χ3n) is 1.74. The standard InChI is InChI=1S/C8H8BrN5O/c9-5-2-1-3-14-7(5)12-8(13-14)11-4-6(10)15/h1-3H,4H2,(H2,10,15)(H,11,13). The molecule has 2 aromatic heterocycles. The molecule has 0 bridgehead atoms. The minimum absolute atomic E-state index is 0.0223. The Kier molecular flexibility index (Phi) is 2.55. The van der Waals surface area contributed by atoms with Crippen LogP contribution in [0.4, 0.5) is 5.95 Å². The molecule has 7 heteroatoms. The minimum Gasteiger partial charge on any atom is -0.368 e. The highest BCUT2D eigenvalue weighted by molar-refractivity contribution is 9.10. The van der Waals surface area contributed by atoms with Crippen molar-refractivity contribution in [3.8, 4) is 0 Å². The maximum atomic E-state index is 10.5. The lowest BCUT2D eigenvalue weighted by Crippen LogP contribution is -2.22. The number of carbonyl (C=O) groups excluding carboxylic acids is 1. The first-order chi connectivity index (χ1) is 7.16. The maximum Gasteiger partial charge on any atom is 0.243 e. The zero-order chi connectivity index (χ0) is 10.8. The van der Waals surface area contributed by atoms with Gasteiger partial charge in [0.25, 0.3) is 0 Å². The predicted molar refractivity (Wildman–Crippen MR) is 58.4 cm³/mol. The van der Waals surface area contributed by atoms with E-state index in [0.29, 0.717) is 11.6 Å². The molecular formula is C8H8BrN5O. The summed E-state index contributed by atoms with van der Waals surface area (Å²) in [6.07, 6.45) is 1.77. The summed E-state index contributed by atoms with van der Waals surface area (Å²) in [4.78, 5) is 14.7. The summed E-state index contributed by atoms with van der Waals surface area (Å²) in [5.74, 6) is -0.0754. The molecule has 0 radical (unpaired) electrons. The molecule has 2 aromatic rings. The lowest BCUT2D eigenvalue weighted by atomic mass is 10.5. The van der Waals surface area contributed by atoms with Gasteiger partial charge >= 0.3 is 0 Å². The minimum atomic E-state index is -0.451. The van der Waals surface area contributed by atoms with E-state index in [0.717, 1.165) is 4.47 Å². The number of hydrogen-bond acceptors (Lipinski definition) is 4. The van der Waals surface area contributed by atoms with Gasteiger partial charge in [-0.3, -0.25) is 4.79 Å². The van der Waals surface area contributed by atoms with Gasteiger partial charge in [-0.15, -0.1) is 5.10 Å². The third-order valence-corrected chi connectivity index (χ3v) is 2.35. The number of hydrogen-bond donors (Lipinski definition) is 2. The number of rotatable bonds is 3. The van der Waals surface area contributed by atoms with E-state index in [-0.39, 0.29) is 6.54 Å². The number of aromatic nitrogens is 3. The average molecular weight is 270 g/mol. The number of anilines is 1. The van der Waals surface area contributed by atoms with Crippen LogP contribution >= 0.6 is 15.9 Å². The molecule has 0 saturated carbocycles. The van der Waals surface area contributed by atoms with E-state index in [1.54, 1.807) is 10.7 Å². The number of nitrogens with zero attached hydrogens (tertiary/aromatic N) is 3. The van der Waals surface area contributed by atoms with E-state index in [9.17, 15) is 4.79 Å². The van der Waals surface area contributed by atoms with E-state index in [1.807, 2.05) is 12.1 Å².